The highest BCUT2D eigenvalue weighted by atomic mass is 15.2. The molecule has 0 aromatic heterocycles. The van der Waals surface area contributed by atoms with Gasteiger partial charge in [-0.05, 0) is 31.2 Å². The molecule has 1 saturated heterocycles. The van der Waals surface area contributed by atoms with E-state index in [-0.39, 0.29) is 0 Å². The molecule has 1 aliphatic heterocycles. The summed E-state index contributed by atoms with van der Waals surface area (Å²) < 4.78 is 0. The maximum atomic E-state index is 8.71. The SMILES string of the molecule is CC.CC1CN(c2ccc(C#N)cc2)CCN1. The van der Waals surface area contributed by atoms with Crippen molar-refractivity contribution in [2.75, 3.05) is 24.5 Å². The summed E-state index contributed by atoms with van der Waals surface area (Å²) in [7, 11) is 0. The smallest absolute Gasteiger partial charge is 0.0991 e. The first-order chi connectivity index (χ1) is 8.29. The molecule has 3 nitrogen and oxygen atoms in total. The number of rotatable bonds is 1. The van der Waals surface area contributed by atoms with E-state index >= 15 is 0 Å². The number of nitrogens with one attached hydrogen (secondary N) is 1. The molecule has 1 aromatic carbocycles. The molecule has 0 aliphatic carbocycles. The van der Waals surface area contributed by atoms with Crippen molar-refractivity contribution in [2.45, 2.75) is 26.8 Å². The molecular formula is C14H21N3. The van der Waals surface area contributed by atoms with E-state index in [9.17, 15) is 0 Å². The molecule has 17 heavy (non-hydrogen) atoms. The van der Waals surface area contributed by atoms with E-state index < -0.39 is 0 Å². The van der Waals surface area contributed by atoms with Crippen molar-refractivity contribution >= 4 is 5.69 Å². The van der Waals surface area contributed by atoms with E-state index in [4.69, 9.17) is 5.26 Å². The summed E-state index contributed by atoms with van der Waals surface area (Å²) in [4.78, 5) is 2.35. The lowest BCUT2D eigenvalue weighted by molar-refractivity contribution is 0.485. The van der Waals surface area contributed by atoms with Gasteiger partial charge in [0, 0.05) is 31.4 Å². The Labute approximate surface area is 104 Å². The van der Waals surface area contributed by atoms with Gasteiger partial charge in [-0.2, -0.15) is 5.26 Å². The van der Waals surface area contributed by atoms with Gasteiger partial charge in [-0.3, -0.25) is 0 Å². The molecule has 92 valence electrons. The zero-order valence-corrected chi connectivity index (χ0v) is 10.9. The Morgan fingerprint density at radius 3 is 2.47 bits per heavy atom. The van der Waals surface area contributed by atoms with Crippen molar-refractivity contribution < 1.29 is 0 Å². The molecule has 2 rings (SSSR count). The second-order valence-electron chi connectivity index (χ2n) is 3.96. The summed E-state index contributed by atoms with van der Waals surface area (Å²) in [5.41, 5.74) is 1.93. The lowest BCUT2D eigenvalue weighted by Gasteiger charge is -2.33. The minimum absolute atomic E-state index is 0.536. The van der Waals surface area contributed by atoms with E-state index in [1.54, 1.807) is 0 Å². The van der Waals surface area contributed by atoms with Crippen LogP contribution in [0.25, 0.3) is 0 Å². The van der Waals surface area contributed by atoms with Gasteiger partial charge in [0.1, 0.15) is 0 Å². The van der Waals surface area contributed by atoms with Gasteiger partial charge in [-0.25, -0.2) is 0 Å². The monoisotopic (exact) mass is 231 g/mol. The fraction of sp³-hybridized carbons (Fsp3) is 0.500. The molecular weight excluding hydrogens is 210 g/mol. The fourth-order valence-electron chi connectivity index (χ4n) is 1.91. The second kappa shape index (κ2) is 6.93. The van der Waals surface area contributed by atoms with Crippen molar-refractivity contribution in [3.05, 3.63) is 29.8 Å². The minimum Gasteiger partial charge on any atom is -0.369 e. The quantitative estimate of drug-likeness (QED) is 0.806. The van der Waals surface area contributed by atoms with Gasteiger partial charge in [0.15, 0.2) is 0 Å². The molecule has 3 heteroatoms. The molecule has 0 amide bonds. The third-order valence-electron chi connectivity index (χ3n) is 2.73. The number of piperazine rings is 1. The number of hydrogen-bond acceptors (Lipinski definition) is 3. The topological polar surface area (TPSA) is 39.1 Å². The van der Waals surface area contributed by atoms with E-state index in [2.05, 4.69) is 23.2 Å². The van der Waals surface area contributed by atoms with E-state index in [0.717, 1.165) is 25.2 Å². The van der Waals surface area contributed by atoms with Crippen LogP contribution < -0.4 is 10.2 Å². The van der Waals surface area contributed by atoms with Crippen LogP contribution in [-0.4, -0.2) is 25.7 Å². The van der Waals surface area contributed by atoms with E-state index in [0.29, 0.717) is 6.04 Å². The van der Waals surface area contributed by atoms with Crippen LogP contribution >= 0.6 is 0 Å². The number of hydrogen-bond donors (Lipinski definition) is 1. The van der Waals surface area contributed by atoms with Crippen LogP contribution in [0.15, 0.2) is 24.3 Å². The summed E-state index contributed by atoms with van der Waals surface area (Å²) >= 11 is 0. The predicted molar refractivity (Wildman–Crippen MR) is 72.2 cm³/mol. The highest BCUT2D eigenvalue weighted by Crippen LogP contribution is 2.16. The van der Waals surface area contributed by atoms with Gasteiger partial charge in [0.05, 0.1) is 11.6 Å². The number of anilines is 1. The molecule has 1 N–H and O–H groups in total. The van der Waals surface area contributed by atoms with Crippen molar-refractivity contribution in [1.29, 1.82) is 5.26 Å². The van der Waals surface area contributed by atoms with E-state index in [1.807, 2.05) is 38.1 Å². The lowest BCUT2D eigenvalue weighted by Crippen LogP contribution is -2.49. The van der Waals surface area contributed by atoms with Gasteiger partial charge in [0.2, 0.25) is 0 Å². The summed E-state index contributed by atoms with van der Waals surface area (Å²) in [5.74, 6) is 0. The van der Waals surface area contributed by atoms with E-state index in [1.165, 1.54) is 5.69 Å². The molecule has 1 fully saturated rings. The largest absolute Gasteiger partial charge is 0.369 e. The molecule has 0 saturated carbocycles. The molecule has 0 spiro atoms. The Kier molecular flexibility index (Phi) is 5.51. The van der Waals surface area contributed by atoms with Crippen LogP contribution in [0.5, 0.6) is 0 Å². The van der Waals surface area contributed by atoms with Crippen molar-refractivity contribution in [1.82, 2.24) is 5.32 Å². The lowest BCUT2D eigenvalue weighted by atomic mass is 10.1. The second-order valence-corrected chi connectivity index (χ2v) is 3.96. The summed E-state index contributed by atoms with van der Waals surface area (Å²) in [5, 5.41) is 12.1. The van der Waals surface area contributed by atoms with Gasteiger partial charge >= 0.3 is 0 Å². The zero-order chi connectivity index (χ0) is 12.7. The third kappa shape index (κ3) is 3.76. The van der Waals surface area contributed by atoms with Crippen LogP contribution in [0, 0.1) is 11.3 Å². The third-order valence-corrected chi connectivity index (χ3v) is 2.73. The van der Waals surface area contributed by atoms with Crippen LogP contribution in [0.2, 0.25) is 0 Å². The number of nitrogens with zero attached hydrogens (tertiary/aromatic N) is 2. The molecule has 1 unspecified atom stereocenters. The molecule has 1 aliphatic rings. The van der Waals surface area contributed by atoms with Crippen molar-refractivity contribution in [3.63, 3.8) is 0 Å². The Hall–Kier alpha value is -1.53. The first-order valence-electron chi connectivity index (χ1n) is 6.28. The van der Waals surface area contributed by atoms with Crippen molar-refractivity contribution in [3.8, 4) is 6.07 Å². The first-order valence-corrected chi connectivity index (χ1v) is 6.28. The highest BCUT2D eigenvalue weighted by molar-refractivity contribution is 5.50. The Morgan fingerprint density at radius 2 is 1.94 bits per heavy atom. The Bertz CT molecular complexity index is 364. The summed E-state index contributed by atoms with van der Waals surface area (Å²) in [6, 6.07) is 10.5. The molecule has 1 heterocycles. The average molecular weight is 231 g/mol. The predicted octanol–water partition coefficient (Wildman–Crippen LogP) is 2.38. The van der Waals surface area contributed by atoms with Crippen LogP contribution in [0.4, 0.5) is 5.69 Å². The van der Waals surface area contributed by atoms with Crippen LogP contribution in [0.1, 0.15) is 26.3 Å². The maximum Gasteiger partial charge on any atom is 0.0991 e. The van der Waals surface area contributed by atoms with Gasteiger partial charge < -0.3 is 10.2 Å². The van der Waals surface area contributed by atoms with Gasteiger partial charge in [-0.1, -0.05) is 13.8 Å². The summed E-state index contributed by atoms with van der Waals surface area (Å²) in [6.45, 7) is 9.29. The average Bonchev–Trinajstić information content (AvgIpc) is 2.41. The molecule has 1 atom stereocenters. The van der Waals surface area contributed by atoms with Crippen LogP contribution in [0.3, 0.4) is 0 Å². The molecule has 1 aromatic rings. The van der Waals surface area contributed by atoms with Crippen molar-refractivity contribution in [2.24, 2.45) is 0 Å². The molecule has 0 radical (unpaired) electrons. The normalized spacial score (nSPS) is 18.9. The number of nitriles is 1. The standard InChI is InChI=1S/C12H15N3.C2H6/c1-10-9-15(7-6-14-10)12-4-2-11(8-13)3-5-12;1-2/h2-5,10,14H,6-7,9H2,1H3;1-2H3. The first kappa shape index (κ1) is 13.5. The summed E-state index contributed by atoms with van der Waals surface area (Å²) in [6.07, 6.45) is 0. The zero-order valence-electron chi connectivity index (χ0n) is 10.9. The minimum atomic E-state index is 0.536. The van der Waals surface area contributed by atoms with Crippen LogP contribution in [-0.2, 0) is 0 Å². The molecule has 0 bridgehead atoms. The van der Waals surface area contributed by atoms with Gasteiger partial charge in [-0.15, -0.1) is 0 Å². The fourth-order valence-corrected chi connectivity index (χ4v) is 1.91. The Morgan fingerprint density at radius 1 is 1.29 bits per heavy atom. The van der Waals surface area contributed by atoms with Gasteiger partial charge in [0.25, 0.3) is 0 Å². The number of benzene rings is 1. The Balaban J connectivity index is 0.000000686. The highest BCUT2D eigenvalue weighted by Gasteiger charge is 2.15. The maximum absolute atomic E-state index is 8.71.